The molecule has 3 aromatic carbocycles. The maximum atomic E-state index is 13.2. The third-order valence-corrected chi connectivity index (χ3v) is 7.61. The number of hydrogen-bond acceptors (Lipinski definition) is 6. The lowest BCUT2D eigenvalue weighted by atomic mass is 10.0. The summed E-state index contributed by atoms with van der Waals surface area (Å²) < 4.78 is 13.3. The van der Waals surface area contributed by atoms with E-state index >= 15 is 0 Å². The summed E-state index contributed by atoms with van der Waals surface area (Å²) in [6, 6.07) is 18.0. The van der Waals surface area contributed by atoms with Gasteiger partial charge in [-0.3, -0.25) is 15.0 Å². The Balaban J connectivity index is 1.58. The Morgan fingerprint density at radius 3 is 2.54 bits per heavy atom. The SMILES string of the molecule is C=CCc1cc(/C=C2\SC(=S)N(NC(=O)c3ccc(Cl)cc3)C2=O)cc(OCC)c1OCc1ccc(Br)cc1. The van der Waals surface area contributed by atoms with Gasteiger partial charge in [0.2, 0.25) is 0 Å². The molecule has 6 nitrogen and oxygen atoms in total. The first-order chi connectivity index (χ1) is 18.8. The van der Waals surface area contributed by atoms with Gasteiger partial charge in [0.1, 0.15) is 6.61 Å². The van der Waals surface area contributed by atoms with Gasteiger partial charge in [-0.15, -0.1) is 6.58 Å². The fraction of sp³-hybridized carbons (Fsp3) is 0.138. The van der Waals surface area contributed by atoms with Gasteiger partial charge < -0.3 is 9.47 Å². The molecule has 0 aliphatic carbocycles. The lowest BCUT2D eigenvalue weighted by molar-refractivity contribution is -0.123. The maximum absolute atomic E-state index is 13.2. The molecule has 0 atom stereocenters. The van der Waals surface area contributed by atoms with Gasteiger partial charge >= 0.3 is 0 Å². The number of benzene rings is 3. The van der Waals surface area contributed by atoms with E-state index in [-0.39, 0.29) is 4.32 Å². The van der Waals surface area contributed by atoms with Crippen molar-refractivity contribution >= 4 is 73.7 Å². The highest BCUT2D eigenvalue weighted by molar-refractivity contribution is 9.10. The number of hydrazine groups is 1. The topological polar surface area (TPSA) is 67.9 Å². The second-order valence-electron chi connectivity index (χ2n) is 8.31. The summed E-state index contributed by atoms with van der Waals surface area (Å²) in [6.45, 7) is 6.57. The van der Waals surface area contributed by atoms with Gasteiger partial charge in [-0.1, -0.05) is 57.5 Å². The van der Waals surface area contributed by atoms with Crippen LogP contribution in [0.1, 0.15) is 34.0 Å². The normalized spacial score (nSPS) is 14.0. The van der Waals surface area contributed by atoms with Crippen molar-refractivity contribution in [1.82, 2.24) is 10.4 Å². The minimum atomic E-state index is -0.469. The third kappa shape index (κ3) is 7.30. The Kier molecular flexibility index (Phi) is 9.85. The van der Waals surface area contributed by atoms with Gasteiger partial charge in [0.05, 0.1) is 11.5 Å². The minimum absolute atomic E-state index is 0.222. The molecule has 0 spiro atoms. The Morgan fingerprint density at radius 1 is 1.15 bits per heavy atom. The van der Waals surface area contributed by atoms with Crippen molar-refractivity contribution in [2.45, 2.75) is 20.0 Å². The van der Waals surface area contributed by atoms with E-state index in [0.717, 1.165) is 37.9 Å². The van der Waals surface area contributed by atoms with Crippen LogP contribution in [0.3, 0.4) is 0 Å². The highest BCUT2D eigenvalue weighted by atomic mass is 79.9. The van der Waals surface area contributed by atoms with E-state index in [1.54, 1.807) is 36.4 Å². The quantitative estimate of drug-likeness (QED) is 0.142. The zero-order valence-corrected chi connectivity index (χ0v) is 24.9. The van der Waals surface area contributed by atoms with Crippen LogP contribution in [0.15, 0.2) is 82.7 Å². The molecule has 0 aromatic heterocycles. The molecule has 200 valence electrons. The predicted molar refractivity (Wildman–Crippen MR) is 164 cm³/mol. The minimum Gasteiger partial charge on any atom is -0.490 e. The first kappa shape index (κ1) is 28.9. The Bertz CT molecular complexity index is 1440. The summed E-state index contributed by atoms with van der Waals surface area (Å²) in [5.41, 5.74) is 5.54. The van der Waals surface area contributed by atoms with Crippen LogP contribution in [0.4, 0.5) is 0 Å². The van der Waals surface area contributed by atoms with E-state index in [9.17, 15) is 9.59 Å². The predicted octanol–water partition coefficient (Wildman–Crippen LogP) is 7.35. The number of thiocarbonyl (C=S) groups is 1. The monoisotopic (exact) mass is 642 g/mol. The van der Waals surface area contributed by atoms with E-state index < -0.39 is 11.8 Å². The molecule has 0 radical (unpaired) electrons. The number of carbonyl (C=O) groups is 2. The van der Waals surface area contributed by atoms with Crippen LogP contribution in [0, 0.1) is 0 Å². The van der Waals surface area contributed by atoms with Crippen LogP contribution in [0.2, 0.25) is 5.02 Å². The Labute approximate surface area is 250 Å². The molecule has 1 aliphatic rings. The maximum Gasteiger partial charge on any atom is 0.285 e. The lowest BCUT2D eigenvalue weighted by Crippen LogP contribution is -2.44. The van der Waals surface area contributed by atoms with Crippen molar-refractivity contribution in [3.05, 3.63) is 110 Å². The van der Waals surface area contributed by atoms with Crippen molar-refractivity contribution < 1.29 is 19.1 Å². The zero-order valence-electron chi connectivity index (χ0n) is 20.9. The summed E-state index contributed by atoms with van der Waals surface area (Å²) in [5.74, 6) is 0.292. The molecule has 1 saturated heterocycles. The van der Waals surface area contributed by atoms with Crippen molar-refractivity contribution in [2.75, 3.05) is 6.61 Å². The number of ether oxygens (including phenoxy) is 2. The third-order valence-electron chi connectivity index (χ3n) is 5.53. The van der Waals surface area contributed by atoms with Crippen LogP contribution in [-0.2, 0) is 17.8 Å². The second kappa shape index (κ2) is 13.3. The van der Waals surface area contributed by atoms with Crippen LogP contribution in [0.5, 0.6) is 11.5 Å². The molecule has 0 unspecified atom stereocenters. The summed E-state index contributed by atoms with van der Waals surface area (Å²) in [5, 5.41) is 1.58. The molecule has 10 heteroatoms. The van der Waals surface area contributed by atoms with Crippen molar-refractivity contribution in [2.24, 2.45) is 0 Å². The number of halogens is 2. The van der Waals surface area contributed by atoms with Crippen LogP contribution in [-0.4, -0.2) is 27.8 Å². The number of carbonyl (C=O) groups excluding carboxylic acids is 2. The fourth-order valence-corrected chi connectivity index (χ4v) is 5.29. The molecular formula is C29H24BrClN2O4S2. The molecule has 1 heterocycles. The number of allylic oxidation sites excluding steroid dienone is 1. The van der Waals surface area contributed by atoms with Crippen molar-refractivity contribution in [3.63, 3.8) is 0 Å². The van der Waals surface area contributed by atoms with Crippen LogP contribution in [0.25, 0.3) is 6.08 Å². The zero-order chi connectivity index (χ0) is 27.9. The van der Waals surface area contributed by atoms with E-state index in [2.05, 4.69) is 27.9 Å². The van der Waals surface area contributed by atoms with Gasteiger partial charge in [0, 0.05) is 20.6 Å². The summed E-state index contributed by atoms with van der Waals surface area (Å²) in [4.78, 5) is 26.2. The molecule has 1 fully saturated rings. The van der Waals surface area contributed by atoms with Crippen LogP contribution < -0.4 is 14.9 Å². The number of rotatable bonds is 10. The number of nitrogens with zero attached hydrogens (tertiary/aromatic N) is 1. The van der Waals surface area contributed by atoms with Gasteiger partial charge in [-0.2, -0.15) is 5.01 Å². The molecule has 0 bridgehead atoms. The highest BCUT2D eigenvalue weighted by Crippen LogP contribution is 2.37. The Morgan fingerprint density at radius 2 is 1.87 bits per heavy atom. The highest BCUT2D eigenvalue weighted by Gasteiger charge is 2.34. The molecule has 1 N–H and O–H groups in total. The second-order valence-corrected chi connectivity index (χ2v) is 11.3. The lowest BCUT2D eigenvalue weighted by Gasteiger charge is -2.17. The summed E-state index contributed by atoms with van der Waals surface area (Å²) in [7, 11) is 0. The average molecular weight is 644 g/mol. The number of hydrogen-bond donors (Lipinski definition) is 1. The first-order valence-electron chi connectivity index (χ1n) is 11.9. The largest absolute Gasteiger partial charge is 0.490 e. The molecule has 1 aliphatic heterocycles. The van der Waals surface area contributed by atoms with Crippen molar-refractivity contribution in [1.29, 1.82) is 0 Å². The number of amides is 2. The fourth-order valence-electron chi connectivity index (χ4n) is 3.72. The van der Waals surface area contributed by atoms with Gasteiger partial charge in [0.25, 0.3) is 11.8 Å². The molecule has 2 amide bonds. The van der Waals surface area contributed by atoms with E-state index in [0.29, 0.717) is 46.6 Å². The van der Waals surface area contributed by atoms with Gasteiger partial charge in [-0.25, -0.2) is 0 Å². The molecule has 0 saturated carbocycles. The van der Waals surface area contributed by atoms with Gasteiger partial charge in [-0.05, 0) is 91.3 Å². The van der Waals surface area contributed by atoms with Crippen LogP contribution >= 0.6 is 51.5 Å². The van der Waals surface area contributed by atoms with E-state index in [1.165, 1.54) is 0 Å². The average Bonchev–Trinajstić information content (AvgIpc) is 3.17. The first-order valence-corrected chi connectivity index (χ1v) is 14.3. The number of thioether (sulfide) groups is 1. The molecule has 3 aromatic rings. The molecular weight excluding hydrogens is 620 g/mol. The molecule has 39 heavy (non-hydrogen) atoms. The summed E-state index contributed by atoms with van der Waals surface area (Å²) in [6.07, 6.45) is 4.05. The molecule has 4 rings (SSSR count). The van der Waals surface area contributed by atoms with Gasteiger partial charge in [0.15, 0.2) is 15.8 Å². The smallest absolute Gasteiger partial charge is 0.285 e. The van der Waals surface area contributed by atoms with E-state index in [1.807, 2.05) is 43.3 Å². The van der Waals surface area contributed by atoms with E-state index in [4.69, 9.17) is 33.3 Å². The standard InChI is InChI=1S/C29H24BrClN2O4S2/c1-3-5-21-14-19(15-24(36-4-2)26(21)37-17-18-6-10-22(30)11-7-18)16-25-28(35)33(29(38)39-25)32-27(34)20-8-12-23(31)13-9-20/h3,6-16H,1,4-5,17H2,2H3,(H,32,34)/b25-16-. The number of nitrogens with one attached hydrogen (secondary N) is 1. The Hall–Kier alpha value is -3.11. The summed E-state index contributed by atoms with van der Waals surface area (Å²) >= 11 is 15.8. The van der Waals surface area contributed by atoms with Crippen molar-refractivity contribution in [3.8, 4) is 11.5 Å².